The lowest BCUT2D eigenvalue weighted by Gasteiger charge is -2.28. The number of hydrogen-bond acceptors (Lipinski definition) is 38. The molecule has 16 heterocycles. The molecule has 1 aromatic carbocycles. The first-order valence-corrected chi connectivity index (χ1v) is 42.2. The minimum absolute atomic E-state index is 0.162. The van der Waals surface area contributed by atoms with Crippen LogP contribution < -0.4 is 69.2 Å². The molecule has 15 aromatic rings. The number of anilines is 5. The highest BCUT2D eigenvalue weighted by Gasteiger charge is 2.23. The van der Waals surface area contributed by atoms with Crippen molar-refractivity contribution in [3.8, 4) is 127 Å². The molecule has 132 heavy (non-hydrogen) atoms. The number of aryl methyl sites for hydroxylation is 1. The highest BCUT2D eigenvalue weighted by atomic mass is 35.5. The molecule has 39 nitrogen and oxygen atoms in total. The maximum Gasteiger partial charge on any atom is 0.293 e. The van der Waals surface area contributed by atoms with E-state index in [1.807, 2.05) is 100 Å². The van der Waals surface area contributed by atoms with Crippen LogP contribution in [-0.2, 0) is 11.2 Å². The summed E-state index contributed by atoms with van der Waals surface area (Å²) in [6.45, 7) is 14.0. The second-order valence-corrected chi connectivity index (χ2v) is 28.7. The number of rotatable bonds is 26. The summed E-state index contributed by atoms with van der Waals surface area (Å²) in [6, 6.07) is 36.9. The molecule has 682 valence electrons. The molecular weight excluding hydrogens is 1710 g/mol. The van der Waals surface area contributed by atoms with Crippen molar-refractivity contribution in [2.75, 3.05) is 129 Å². The highest BCUT2D eigenvalue weighted by molar-refractivity contribution is 6.30. The van der Waals surface area contributed by atoms with Crippen LogP contribution in [-0.4, -0.2) is 235 Å². The van der Waals surface area contributed by atoms with E-state index >= 15 is 0 Å². The van der Waals surface area contributed by atoms with Crippen LogP contribution in [0.4, 0.5) is 29.1 Å². The summed E-state index contributed by atoms with van der Waals surface area (Å²) < 4.78 is 46.7. The van der Waals surface area contributed by atoms with Crippen molar-refractivity contribution in [1.29, 1.82) is 0 Å². The number of methoxy groups -OCH3 is 8. The number of halogens is 1. The van der Waals surface area contributed by atoms with Gasteiger partial charge in [0.25, 0.3) is 5.56 Å². The normalized spacial score (nSPS) is 11.8. The van der Waals surface area contributed by atoms with Crippen molar-refractivity contribution >= 4 is 40.7 Å². The molecule has 0 atom stereocenters. The molecule has 4 N–H and O–H groups in total. The van der Waals surface area contributed by atoms with Crippen LogP contribution in [0, 0.1) is 0 Å². The van der Waals surface area contributed by atoms with Crippen molar-refractivity contribution in [2.24, 2.45) is 0 Å². The van der Waals surface area contributed by atoms with Gasteiger partial charge in [0.15, 0.2) is 127 Å². The molecule has 17 rings (SSSR count). The Hall–Kier alpha value is -15.9. The third-order valence-electron chi connectivity index (χ3n) is 18.5. The van der Waals surface area contributed by atoms with Crippen molar-refractivity contribution in [3.05, 3.63) is 242 Å². The van der Waals surface area contributed by atoms with E-state index in [1.165, 1.54) is 51.4 Å². The Morgan fingerprint density at radius 3 is 1.18 bits per heavy atom. The van der Waals surface area contributed by atoms with Gasteiger partial charge in [0.05, 0.1) is 120 Å². The third kappa shape index (κ3) is 29.0. The van der Waals surface area contributed by atoms with Gasteiger partial charge in [-0.25, -0.2) is 99.7 Å². The largest absolute Gasteiger partial charge is 0.495 e. The average molecular weight is 1810 g/mol. The molecule has 0 spiro atoms. The molecule has 0 radical (unpaired) electrons. The van der Waals surface area contributed by atoms with Crippen molar-refractivity contribution in [2.45, 2.75) is 71.9 Å². The number of H-pyrrole nitrogens is 1. The molecule has 40 heteroatoms. The van der Waals surface area contributed by atoms with Gasteiger partial charge in [-0.1, -0.05) is 60.1 Å². The van der Waals surface area contributed by atoms with Crippen molar-refractivity contribution in [1.82, 2.24) is 120 Å². The van der Waals surface area contributed by atoms with Crippen LogP contribution in [0.3, 0.4) is 0 Å². The molecular formula is C92H102ClN29O10. The number of nitrogens with one attached hydrogen (secondary N) is 4. The summed E-state index contributed by atoms with van der Waals surface area (Å²) >= 11 is 5.85. The number of benzene rings is 1. The van der Waals surface area contributed by atoms with E-state index in [1.54, 1.807) is 154 Å². The zero-order valence-corrected chi connectivity index (χ0v) is 75.8. The van der Waals surface area contributed by atoms with E-state index in [4.69, 9.17) is 54.2 Å². The summed E-state index contributed by atoms with van der Waals surface area (Å²) in [4.78, 5) is 116. The standard InChI is InChI=1S/C19H20N4O.C15H18N4O.C14H16N4O2.C14H18N4O2.C12H15N5O.C9H7ClN4O.C9H8N4O2/c1-24-17-14-22-18(16-11-5-6-12-20-16)23-19(17)21-13-7-10-15-8-3-2-4-9-15;1-20-13-11-17-14(12-7-3-4-8-16-12)18-15(13)19-9-5-2-6-10-19;1-19-12-10-16-13(11-4-2-3-5-15-11)17-14(12)18-6-8-20-9-7-18;1-9(2)17-14-12(20-4)8-16-13(18-14)11-6-5-10(19-3)7-15-11;1-8(2)16-10-9(18-3)7-15-12(17-10)11-13-5-4-6-14-11;1-15-6-5-13-9(14-7(6)10)8-11-3-2-4-12-8;1-15-6-5-12-8(13-9(6)14)7-10-3-2-4-11-7/h2-6,8-9,11-12,14H,7,10,13H2,1H3,(H,21,22,23);3-4,7-8,11H,2,5-6,9-10H2,1H3;2-5,10H,6-9H2,1H3;5-9H,1-4H3,(H,16,17,18);4-8H,1-3H3,(H,15,16,17);2-5H,1H3;2-5H,1H3,(H,12,13,14). The smallest absolute Gasteiger partial charge is 0.293 e. The Bertz CT molecular complexity index is 5910. The van der Waals surface area contributed by atoms with Crippen LogP contribution in [0.5, 0.6) is 46.0 Å². The van der Waals surface area contributed by atoms with Gasteiger partial charge < -0.3 is 73.4 Å². The summed E-state index contributed by atoms with van der Waals surface area (Å²) in [5, 5.41) is 10.0. The molecule has 2 aliphatic heterocycles. The van der Waals surface area contributed by atoms with Gasteiger partial charge in [0.1, 0.15) is 28.5 Å². The van der Waals surface area contributed by atoms with Crippen LogP contribution >= 0.6 is 11.6 Å². The topological polar surface area (TPSA) is 455 Å². The fourth-order valence-electron chi connectivity index (χ4n) is 12.1. The molecule has 0 saturated carbocycles. The van der Waals surface area contributed by atoms with Gasteiger partial charge in [-0.05, 0) is 132 Å². The molecule has 2 aliphatic rings. The van der Waals surface area contributed by atoms with E-state index in [2.05, 4.69) is 170 Å². The lowest BCUT2D eigenvalue weighted by atomic mass is 10.1. The zero-order valence-electron chi connectivity index (χ0n) is 75.1. The van der Waals surface area contributed by atoms with Crippen molar-refractivity contribution in [3.63, 3.8) is 0 Å². The first-order valence-electron chi connectivity index (χ1n) is 41.8. The van der Waals surface area contributed by atoms with Gasteiger partial charge in [-0.3, -0.25) is 19.7 Å². The SMILES string of the molecule is COc1ccc(-c2ncc(OC)c(NC(C)C)n2)nc1.COc1cnc(-c2ccccn2)nc1N1CCCCC1.COc1cnc(-c2ccccn2)nc1N1CCOCC1.COc1cnc(-c2ccccn2)nc1NCCCc1ccccc1.COc1cnc(-c2ncccn2)[nH]c1=O.COc1cnc(-c2ncccn2)nc1Cl.COc1cnc(-c2ncccn2)nc1NC(C)C. The van der Waals surface area contributed by atoms with Gasteiger partial charge >= 0.3 is 0 Å². The van der Waals surface area contributed by atoms with E-state index in [0.29, 0.717) is 129 Å². The van der Waals surface area contributed by atoms with Crippen LogP contribution in [0.2, 0.25) is 5.15 Å². The van der Waals surface area contributed by atoms with Gasteiger partial charge in [-0.15, -0.1) is 0 Å². The van der Waals surface area contributed by atoms with E-state index in [0.717, 1.165) is 80.0 Å². The molecule has 2 saturated heterocycles. The summed E-state index contributed by atoms with van der Waals surface area (Å²) in [6.07, 6.45) is 33.5. The maximum atomic E-state index is 11.4. The number of ether oxygens (including phenoxy) is 9. The average Bonchev–Trinajstić information content (AvgIpc) is 0.926. The van der Waals surface area contributed by atoms with E-state index in [-0.39, 0.29) is 28.5 Å². The zero-order chi connectivity index (χ0) is 93.0. The van der Waals surface area contributed by atoms with Crippen molar-refractivity contribution < 1.29 is 42.6 Å². The van der Waals surface area contributed by atoms with E-state index < -0.39 is 0 Å². The first kappa shape index (κ1) is 96.7. The van der Waals surface area contributed by atoms with E-state index in [9.17, 15) is 4.79 Å². The fourth-order valence-corrected chi connectivity index (χ4v) is 12.3. The van der Waals surface area contributed by atoms with Crippen LogP contribution in [0.1, 0.15) is 58.9 Å². The lowest BCUT2D eigenvalue weighted by molar-refractivity contribution is 0.122. The lowest BCUT2D eigenvalue weighted by Crippen LogP contribution is -2.37. The first-order chi connectivity index (χ1) is 64.6. The molecule has 14 aromatic heterocycles. The van der Waals surface area contributed by atoms with Gasteiger partial charge in [0, 0.05) is 101 Å². The fraction of sp³-hybridized carbons (Fsp3) is 0.283. The number of hydrogen-bond donors (Lipinski definition) is 4. The minimum atomic E-state index is -0.352. The molecule has 2 fully saturated rings. The highest BCUT2D eigenvalue weighted by Crippen LogP contribution is 2.33. The van der Waals surface area contributed by atoms with Gasteiger partial charge in [0.2, 0.25) is 5.75 Å². The Kier molecular flexibility index (Phi) is 37.9. The quantitative estimate of drug-likeness (QED) is 0.0289. The molecule has 0 unspecified atom stereocenters. The third-order valence-corrected chi connectivity index (χ3v) is 18.8. The number of nitrogens with zero attached hydrogens (tertiary/aromatic N) is 25. The number of morpholine rings is 1. The predicted octanol–water partition coefficient (Wildman–Crippen LogP) is 13.5. The van der Waals surface area contributed by atoms with Crippen LogP contribution in [0.15, 0.2) is 225 Å². The monoisotopic (exact) mass is 1810 g/mol. The minimum Gasteiger partial charge on any atom is -0.495 e. The predicted molar refractivity (Wildman–Crippen MR) is 500 cm³/mol. The number of aromatic nitrogens is 24. The summed E-state index contributed by atoms with van der Waals surface area (Å²) in [7, 11) is 12.6. The number of pyridine rings is 4. The molecule has 0 aliphatic carbocycles. The summed E-state index contributed by atoms with van der Waals surface area (Å²) in [5.74, 6) is 13.0. The second kappa shape index (κ2) is 51.8. The Labute approximate surface area is 768 Å². The maximum absolute atomic E-state index is 11.4. The molecule has 0 bridgehead atoms. The van der Waals surface area contributed by atoms with Crippen LogP contribution in [0.25, 0.3) is 81.0 Å². The second-order valence-electron chi connectivity index (χ2n) is 28.4. The Morgan fingerprint density at radius 2 is 0.750 bits per heavy atom. The molecule has 0 amide bonds. The number of aromatic amines is 1. The van der Waals surface area contributed by atoms with Gasteiger partial charge in [-0.2, -0.15) is 0 Å². The summed E-state index contributed by atoms with van der Waals surface area (Å²) in [5.41, 5.74) is 3.95. The number of piperidine rings is 1. The Balaban J connectivity index is 0.000000149. The Morgan fingerprint density at radius 1 is 0.356 bits per heavy atom.